The molecule has 0 unspecified atom stereocenters. The van der Waals surface area contributed by atoms with E-state index in [1.807, 2.05) is 20.8 Å². The minimum absolute atomic E-state index is 0.120. The Morgan fingerprint density at radius 2 is 2.00 bits per heavy atom. The van der Waals surface area contributed by atoms with Crippen LogP contribution in [0.2, 0.25) is 5.02 Å². The lowest BCUT2D eigenvalue weighted by Gasteiger charge is -2.16. The van der Waals surface area contributed by atoms with Crippen molar-refractivity contribution in [1.29, 1.82) is 0 Å². The monoisotopic (exact) mass is 228 g/mol. The van der Waals surface area contributed by atoms with Gasteiger partial charge in [0, 0.05) is 11.4 Å². The third-order valence-electron chi connectivity index (χ3n) is 1.92. The lowest BCUT2D eigenvalue weighted by atomic mass is 9.88. The molecule has 0 aliphatic heterocycles. The quantitative estimate of drug-likeness (QED) is 0.697. The molecule has 0 fully saturated rings. The van der Waals surface area contributed by atoms with E-state index in [2.05, 4.69) is 0 Å². The molecular formula is C12H14ClFO. The predicted octanol–water partition coefficient (Wildman–Crippen LogP) is 4.10. The number of ketones is 1. The van der Waals surface area contributed by atoms with Gasteiger partial charge >= 0.3 is 0 Å². The van der Waals surface area contributed by atoms with E-state index in [0.717, 1.165) is 6.07 Å². The molecule has 1 nitrogen and oxygen atoms in total. The Bertz CT molecular complexity index is 380. The van der Waals surface area contributed by atoms with E-state index in [-0.39, 0.29) is 16.8 Å². The number of halogens is 2. The molecule has 0 aliphatic carbocycles. The first kappa shape index (κ1) is 12.2. The zero-order valence-corrected chi connectivity index (χ0v) is 9.86. The van der Waals surface area contributed by atoms with Gasteiger partial charge in [0.05, 0.1) is 5.56 Å². The Kier molecular flexibility index (Phi) is 3.50. The molecular weight excluding hydrogens is 215 g/mol. The number of hydrogen-bond donors (Lipinski definition) is 0. The van der Waals surface area contributed by atoms with Gasteiger partial charge in [0.15, 0.2) is 5.78 Å². The van der Waals surface area contributed by atoms with Gasteiger partial charge < -0.3 is 0 Å². The third kappa shape index (κ3) is 3.63. The predicted molar refractivity (Wildman–Crippen MR) is 59.8 cm³/mol. The van der Waals surface area contributed by atoms with Crippen molar-refractivity contribution in [2.45, 2.75) is 27.2 Å². The number of Topliss-reactive ketones (excluding diaryl/α,β-unsaturated/α-hetero) is 1. The SMILES string of the molecule is CC(C)(C)CC(=O)c1ccc(Cl)cc1F. The van der Waals surface area contributed by atoms with E-state index >= 15 is 0 Å². The molecule has 82 valence electrons. The Morgan fingerprint density at radius 1 is 1.40 bits per heavy atom. The van der Waals surface area contributed by atoms with Gasteiger partial charge in [0.2, 0.25) is 0 Å². The molecule has 0 atom stereocenters. The van der Waals surface area contributed by atoms with E-state index < -0.39 is 5.82 Å². The van der Waals surface area contributed by atoms with Crippen LogP contribution in [0.1, 0.15) is 37.6 Å². The van der Waals surface area contributed by atoms with Crippen LogP contribution in [0.3, 0.4) is 0 Å². The smallest absolute Gasteiger partial charge is 0.166 e. The molecule has 3 heteroatoms. The highest BCUT2D eigenvalue weighted by atomic mass is 35.5. The van der Waals surface area contributed by atoms with E-state index in [1.165, 1.54) is 12.1 Å². The van der Waals surface area contributed by atoms with Crippen molar-refractivity contribution < 1.29 is 9.18 Å². The maximum Gasteiger partial charge on any atom is 0.166 e. The maximum absolute atomic E-state index is 13.4. The van der Waals surface area contributed by atoms with Crippen molar-refractivity contribution in [2.24, 2.45) is 5.41 Å². The summed E-state index contributed by atoms with van der Waals surface area (Å²) in [4.78, 5) is 11.7. The van der Waals surface area contributed by atoms with Crippen LogP contribution in [0, 0.1) is 11.2 Å². The molecule has 1 rings (SSSR count). The molecule has 0 saturated carbocycles. The van der Waals surface area contributed by atoms with E-state index in [9.17, 15) is 9.18 Å². The normalized spacial score (nSPS) is 11.5. The summed E-state index contributed by atoms with van der Waals surface area (Å²) in [5.74, 6) is -0.728. The summed E-state index contributed by atoms with van der Waals surface area (Å²) in [5, 5.41) is 0.305. The zero-order valence-electron chi connectivity index (χ0n) is 9.10. The third-order valence-corrected chi connectivity index (χ3v) is 2.16. The minimum atomic E-state index is -0.545. The van der Waals surface area contributed by atoms with Crippen molar-refractivity contribution in [2.75, 3.05) is 0 Å². The van der Waals surface area contributed by atoms with Crippen LogP contribution in [-0.2, 0) is 0 Å². The van der Waals surface area contributed by atoms with E-state index in [0.29, 0.717) is 11.4 Å². The second kappa shape index (κ2) is 4.31. The number of carbonyl (C=O) groups is 1. The fourth-order valence-corrected chi connectivity index (χ4v) is 1.45. The first-order valence-electron chi connectivity index (χ1n) is 4.78. The second-order valence-corrected chi connectivity index (χ2v) is 5.22. The number of benzene rings is 1. The van der Waals surface area contributed by atoms with Crippen molar-refractivity contribution in [3.63, 3.8) is 0 Å². The van der Waals surface area contributed by atoms with E-state index in [1.54, 1.807) is 0 Å². The summed E-state index contributed by atoms with van der Waals surface area (Å²) < 4.78 is 13.4. The van der Waals surface area contributed by atoms with Crippen LogP contribution >= 0.6 is 11.6 Å². The van der Waals surface area contributed by atoms with Gasteiger partial charge in [-0.25, -0.2) is 4.39 Å². The average molecular weight is 229 g/mol. The lowest BCUT2D eigenvalue weighted by Crippen LogP contribution is -2.14. The summed E-state index contributed by atoms with van der Waals surface area (Å²) in [5.41, 5.74) is -0.0160. The van der Waals surface area contributed by atoms with Crippen LogP contribution in [0.15, 0.2) is 18.2 Å². The molecule has 0 bridgehead atoms. The molecule has 0 saturated heterocycles. The first-order chi connectivity index (χ1) is 6.79. The lowest BCUT2D eigenvalue weighted by molar-refractivity contribution is 0.0936. The van der Waals surface area contributed by atoms with Gasteiger partial charge in [0.25, 0.3) is 0 Å². The summed E-state index contributed by atoms with van der Waals surface area (Å²) >= 11 is 5.60. The molecule has 0 heterocycles. The Labute approximate surface area is 94.3 Å². The van der Waals surface area contributed by atoms with Gasteiger partial charge in [0.1, 0.15) is 5.82 Å². The highest BCUT2D eigenvalue weighted by molar-refractivity contribution is 6.30. The van der Waals surface area contributed by atoms with E-state index in [4.69, 9.17) is 11.6 Å². The standard InChI is InChI=1S/C12H14ClFO/c1-12(2,3)7-11(15)9-5-4-8(13)6-10(9)14/h4-6H,7H2,1-3H3. The average Bonchev–Trinajstić information content (AvgIpc) is 1.99. The highest BCUT2D eigenvalue weighted by Gasteiger charge is 2.19. The minimum Gasteiger partial charge on any atom is -0.294 e. The summed E-state index contributed by atoms with van der Waals surface area (Å²) in [6, 6.07) is 4.13. The van der Waals surface area contributed by atoms with Crippen molar-refractivity contribution in [3.05, 3.63) is 34.6 Å². The van der Waals surface area contributed by atoms with Gasteiger partial charge in [-0.15, -0.1) is 0 Å². The Balaban J connectivity index is 2.92. The summed E-state index contributed by atoms with van der Waals surface area (Å²) in [6.07, 6.45) is 0.325. The van der Waals surface area contributed by atoms with Crippen LogP contribution in [0.25, 0.3) is 0 Å². The molecule has 15 heavy (non-hydrogen) atoms. The number of carbonyl (C=O) groups excluding carboxylic acids is 1. The van der Waals surface area contributed by atoms with Gasteiger partial charge in [-0.1, -0.05) is 32.4 Å². The summed E-state index contributed by atoms with van der Waals surface area (Å²) in [6.45, 7) is 5.83. The molecule has 0 radical (unpaired) electrons. The van der Waals surface area contributed by atoms with Gasteiger partial charge in [-0.3, -0.25) is 4.79 Å². The van der Waals surface area contributed by atoms with Crippen LogP contribution in [0.5, 0.6) is 0 Å². The molecule has 0 amide bonds. The van der Waals surface area contributed by atoms with Crippen molar-refractivity contribution in [3.8, 4) is 0 Å². The maximum atomic E-state index is 13.4. The van der Waals surface area contributed by atoms with Gasteiger partial charge in [-0.05, 0) is 23.6 Å². The molecule has 1 aromatic rings. The molecule has 0 N–H and O–H groups in total. The zero-order chi connectivity index (χ0) is 11.6. The molecule has 0 aromatic heterocycles. The largest absolute Gasteiger partial charge is 0.294 e. The molecule has 1 aromatic carbocycles. The molecule has 0 spiro atoms. The van der Waals surface area contributed by atoms with Crippen LogP contribution in [-0.4, -0.2) is 5.78 Å². The van der Waals surface area contributed by atoms with Crippen LogP contribution in [0.4, 0.5) is 4.39 Å². The fraction of sp³-hybridized carbons (Fsp3) is 0.417. The topological polar surface area (TPSA) is 17.1 Å². The fourth-order valence-electron chi connectivity index (χ4n) is 1.29. The van der Waals surface area contributed by atoms with Gasteiger partial charge in [-0.2, -0.15) is 0 Å². The molecule has 0 aliphatic rings. The number of hydrogen-bond acceptors (Lipinski definition) is 1. The summed E-state index contributed by atoms with van der Waals surface area (Å²) in [7, 11) is 0. The number of rotatable bonds is 2. The Hall–Kier alpha value is -0.890. The van der Waals surface area contributed by atoms with Crippen molar-refractivity contribution in [1.82, 2.24) is 0 Å². The first-order valence-corrected chi connectivity index (χ1v) is 5.16. The van der Waals surface area contributed by atoms with Crippen molar-refractivity contribution >= 4 is 17.4 Å². The van der Waals surface area contributed by atoms with Crippen LogP contribution < -0.4 is 0 Å². The highest BCUT2D eigenvalue weighted by Crippen LogP contribution is 2.23. The second-order valence-electron chi connectivity index (χ2n) is 4.78. The Morgan fingerprint density at radius 3 is 2.47 bits per heavy atom.